The Hall–Kier alpha value is -0.940. The number of nitrogens with two attached hydrogens (primary N) is 1. The third-order valence-electron chi connectivity index (χ3n) is 0.623. The van der Waals surface area contributed by atoms with Crippen LogP contribution >= 0.6 is 0 Å². The number of alkyl halides is 3. The lowest BCUT2D eigenvalue weighted by atomic mass is 10.7. The van der Waals surface area contributed by atoms with Gasteiger partial charge < -0.3 is 10.5 Å². The van der Waals surface area contributed by atoms with Gasteiger partial charge in [0, 0.05) is 0 Å². The molecule has 0 rings (SSSR count). The van der Waals surface area contributed by atoms with Crippen molar-refractivity contribution in [2.24, 2.45) is 10.7 Å². The summed E-state index contributed by atoms with van der Waals surface area (Å²) < 4.78 is 38.2. The van der Waals surface area contributed by atoms with E-state index < -0.39 is 18.7 Å². The molecule has 0 heterocycles. The van der Waals surface area contributed by atoms with Crippen LogP contribution in [0.3, 0.4) is 0 Å². The quantitative estimate of drug-likeness (QED) is 0.444. The van der Waals surface area contributed by atoms with Crippen molar-refractivity contribution < 1.29 is 17.9 Å². The number of hydrogen-bond donors (Lipinski definition) is 1. The molecule has 0 saturated carbocycles. The zero-order valence-electron chi connectivity index (χ0n) is 5.27. The Balaban J connectivity index is 3.73. The Bertz CT molecular complexity index is 131. The Kier molecular flexibility index (Phi) is 2.98. The van der Waals surface area contributed by atoms with Gasteiger partial charge in [-0.15, -0.1) is 0 Å². The molecule has 0 spiro atoms. The van der Waals surface area contributed by atoms with Crippen molar-refractivity contribution >= 4 is 6.02 Å². The predicted molar refractivity (Wildman–Crippen MR) is 29.6 cm³/mol. The summed E-state index contributed by atoms with van der Waals surface area (Å²) in [6.45, 7) is -1.30. The van der Waals surface area contributed by atoms with E-state index in [-0.39, 0.29) is 0 Å². The molecule has 3 nitrogen and oxygen atoms in total. The van der Waals surface area contributed by atoms with Crippen LogP contribution in [0.2, 0.25) is 0 Å². The summed E-state index contributed by atoms with van der Waals surface area (Å²) in [5.74, 6) is 0. The number of aliphatic imine (C=N–C) groups is 1. The lowest BCUT2D eigenvalue weighted by molar-refractivity contribution is -0.118. The zero-order chi connectivity index (χ0) is 8.20. The van der Waals surface area contributed by atoms with Gasteiger partial charge in [0.2, 0.25) is 0 Å². The van der Waals surface area contributed by atoms with Crippen LogP contribution in [0.1, 0.15) is 0 Å². The zero-order valence-corrected chi connectivity index (χ0v) is 5.27. The normalized spacial score (nSPS) is 13.4. The van der Waals surface area contributed by atoms with Gasteiger partial charge in [0.05, 0.1) is 7.11 Å². The monoisotopic (exact) mass is 156 g/mol. The highest BCUT2D eigenvalue weighted by molar-refractivity contribution is 5.71. The first kappa shape index (κ1) is 9.06. The SMILES string of the molecule is COC(N)=NCC(F)(F)F. The molecule has 0 aliphatic rings. The second kappa shape index (κ2) is 3.28. The van der Waals surface area contributed by atoms with Gasteiger partial charge in [0.25, 0.3) is 6.02 Å². The average Bonchev–Trinajstić information content (AvgIpc) is 1.81. The number of hydrogen-bond acceptors (Lipinski definition) is 2. The van der Waals surface area contributed by atoms with E-state index in [2.05, 4.69) is 9.73 Å². The maximum atomic E-state index is 11.3. The molecular weight excluding hydrogens is 149 g/mol. The number of ether oxygens (including phenoxy) is 1. The van der Waals surface area contributed by atoms with Crippen molar-refractivity contribution in [3.8, 4) is 0 Å². The highest BCUT2D eigenvalue weighted by Crippen LogP contribution is 2.13. The van der Waals surface area contributed by atoms with Crippen LogP contribution in [0.4, 0.5) is 13.2 Å². The summed E-state index contributed by atoms with van der Waals surface area (Å²) in [5, 5.41) is 0. The fraction of sp³-hybridized carbons (Fsp3) is 0.750. The van der Waals surface area contributed by atoms with Crippen LogP contribution in [0.15, 0.2) is 4.99 Å². The number of methoxy groups -OCH3 is 1. The Morgan fingerprint density at radius 1 is 1.60 bits per heavy atom. The molecule has 0 aromatic carbocycles. The standard InChI is InChI=1S/C4H7F3N2O/c1-10-3(8)9-2-4(5,6)7/h2H2,1H3,(H2,8,9). The summed E-state index contributed by atoms with van der Waals surface area (Å²) >= 11 is 0. The topological polar surface area (TPSA) is 47.6 Å². The molecule has 0 fully saturated rings. The average molecular weight is 156 g/mol. The number of halogens is 3. The molecular formula is C4H7F3N2O. The fourth-order valence-electron chi connectivity index (χ4n) is 0.232. The van der Waals surface area contributed by atoms with Crippen molar-refractivity contribution in [1.82, 2.24) is 0 Å². The molecule has 0 bridgehead atoms. The lowest BCUT2D eigenvalue weighted by Gasteiger charge is -2.01. The van der Waals surface area contributed by atoms with E-state index >= 15 is 0 Å². The maximum Gasteiger partial charge on any atom is 0.408 e. The molecule has 0 aromatic heterocycles. The third kappa shape index (κ3) is 5.20. The Morgan fingerprint density at radius 2 is 2.10 bits per heavy atom. The first-order chi connectivity index (χ1) is 4.45. The molecule has 0 radical (unpaired) electrons. The molecule has 2 N–H and O–H groups in total. The minimum atomic E-state index is -4.32. The van der Waals surface area contributed by atoms with Gasteiger partial charge in [-0.3, -0.25) is 0 Å². The molecule has 0 saturated heterocycles. The van der Waals surface area contributed by atoms with E-state index in [0.29, 0.717) is 0 Å². The summed E-state index contributed by atoms with van der Waals surface area (Å²) in [5.41, 5.74) is 4.81. The minimum absolute atomic E-state index is 0.461. The third-order valence-corrected chi connectivity index (χ3v) is 0.623. The molecule has 0 aliphatic carbocycles. The first-order valence-electron chi connectivity index (χ1n) is 2.36. The van der Waals surface area contributed by atoms with E-state index in [0.717, 1.165) is 7.11 Å². The minimum Gasteiger partial charge on any atom is -0.469 e. The summed E-state index contributed by atoms with van der Waals surface area (Å²) in [6.07, 6.45) is -4.32. The summed E-state index contributed by atoms with van der Waals surface area (Å²) in [7, 11) is 1.15. The molecule has 0 unspecified atom stereocenters. The van der Waals surface area contributed by atoms with Gasteiger partial charge in [-0.1, -0.05) is 0 Å². The van der Waals surface area contributed by atoms with Crippen LogP contribution in [-0.2, 0) is 4.74 Å². The highest BCUT2D eigenvalue weighted by Gasteiger charge is 2.26. The van der Waals surface area contributed by atoms with Crippen LogP contribution < -0.4 is 5.73 Å². The van der Waals surface area contributed by atoms with Crippen LogP contribution in [0.25, 0.3) is 0 Å². The molecule has 10 heavy (non-hydrogen) atoms. The molecule has 6 heteroatoms. The van der Waals surface area contributed by atoms with Crippen LogP contribution in [-0.4, -0.2) is 25.9 Å². The maximum absolute atomic E-state index is 11.3. The molecule has 0 aromatic rings. The van der Waals surface area contributed by atoms with E-state index in [4.69, 9.17) is 5.73 Å². The van der Waals surface area contributed by atoms with Crippen molar-refractivity contribution in [3.05, 3.63) is 0 Å². The van der Waals surface area contributed by atoms with E-state index in [1.54, 1.807) is 0 Å². The molecule has 0 atom stereocenters. The van der Waals surface area contributed by atoms with Gasteiger partial charge in [-0.25, -0.2) is 4.99 Å². The Labute approximate surface area is 55.7 Å². The van der Waals surface area contributed by atoms with Crippen LogP contribution in [0.5, 0.6) is 0 Å². The smallest absolute Gasteiger partial charge is 0.408 e. The van der Waals surface area contributed by atoms with Crippen molar-refractivity contribution in [2.45, 2.75) is 6.18 Å². The van der Waals surface area contributed by atoms with Gasteiger partial charge in [0.1, 0.15) is 6.54 Å². The van der Waals surface area contributed by atoms with Gasteiger partial charge >= 0.3 is 6.18 Å². The molecule has 0 aliphatic heterocycles. The predicted octanol–water partition coefficient (Wildman–Crippen LogP) is 0.510. The van der Waals surface area contributed by atoms with Crippen LogP contribution in [0, 0.1) is 0 Å². The number of nitrogens with zero attached hydrogens (tertiary/aromatic N) is 1. The molecule has 60 valence electrons. The summed E-state index contributed by atoms with van der Waals surface area (Å²) in [6, 6.07) is -0.461. The number of amidine groups is 1. The largest absolute Gasteiger partial charge is 0.469 e. The van der Waals surface area contributed by atoms with Crippen molar-refractivity contribution in [3.63, 3.8) is 0 Å². The van der Waals surface area contributed by atoms with Gasteiger partial charge in [-0.05, 0) is 0 Å². The summed E-state index contributed by atoms with van der Waals surface area (Å²) in [4.78, 5) is 2.86. The van der Waals surface area contributed by atoms with Crippen molar-refractivity contribution in [1.29, 1.82) is 0 Å². The second-order valence-electron chi connectivity index (χ2n) is 1.47. The fourth-order valence-corrected chi connectivity index (χ4v) is 0.232. The van der Waals surface area contributed by atoms with Crippen molar-refractivity contribution in [2.75, 3.05) is 13.7 Å². The lowest BCUT2D eigenvalue weighted by Crippen LogP contribution is -2.19. The van der Waals surface area contributed by atoms with E-state index in [1.807, 2.05) is 0 Å². The van der Waals surface area contributed by atoms with E-state index in [1.165, 1.54) is 0 Å². The Morgan fingerprint density at radius 3 is 2.40 bits per heavy atom. The highest BCUT2D eigenvalue weighted by atomic mass is 19.4. The second-order valence-corrected chi connectivity index (χ2v) is 1.47. The van der Waals surface area contributed by atoms with E-state index in [9.17, 15) is 13.2 Å². The molecule has 0 amide bonds. The first-order valence-corrected chi connectivity index (χ1v) is 2.36. The van der Waals surface area contributed by atoms with Gasteiger partial charge in [-0.2, -0.15) is 13.2 Å². The van der Waals surface area contributed by atoms with Gasteiger partial charge in [0.15, 0.2) is 0 Å². The number of rotatable bonds is 1.